The van der Waals surface area contributed by atoms with E-state index in [4.69, 9.17) is 0 Å². The third kappa shape index (κ3) is 2.12. The van der Waals surface area contributed by atoms with E-state index in [1.165, 1.54) is 0 Å². The van der Waals surface area contributed by atoms with Gasteiger partial charge in [0.25, 0.3) is 0 Å². The summed E-state index contributed by atoms with van der Waals surface area (Å²) in [5, 5.41) is 16.6. The summed E-state index contributed by atoms with van der Waals surface area (Å²) in [6.45, 7) is 2.74. The van der Waals surface area contributed by atoms with Gasteiger partial charge in [-0.2, -0.15) is 0 Å². The predicted octanol–water partition coefficient (Wildman–Crippen LogP) is 0.281. The van der Waals surface area contributed by atoms with Gasteiger partial charge in [-0.25, -0.2) is 0 Å². The lowest BCUT2D eigenvalue weighted by atomic mass is 10.0. The Balaban J connectivity index is 2.03. The number of benzene rings is 1. The number of piperazine rings is 1. The van der Waals surface area contributed by atoms with Gasteiger partial charge in [0, 0.05) is 25.7 Å². The molecule has 2 unspecified atom stereocenters. The van der Waals surface area contributed by atoms with Crippen LogP contribution in [0.4, 0.5) is 0 Å². The second kappa shape index (κ2) is 4.55. The largest absolute Gasteiger partial charge is 0.387 e. The van der Waals surface area contributed by atoms with Gasteiger partial charge in [-0.05, 0) is 5.56 Å². The van der Waals surface area contributed by atoms with Crippen LogP contribution in [0.2, 0.25) is 0 Å². The zero-order chi connectivity index (χ0) is 9.80. The molecule has 0 spiro atoms. The van der Waals surface area contributed by atoms with Gasteiger partial charge >= 0.3 is 0 Å². The molecular formula is C11H16N2O. The summed E-state index contributed by atoms with van der Waals surface area (Å²) in [5.41, 5.74) is 0.980. The summed E-state index contributed by atoms with van der Waals surface area (Å²) in [6, 6.07) is 9.92. The minimum atomic E-state index is -0.413. The third-order valence-corrected chi connectivity index (χ3v) is 2.59. The third-order valence-electron chi connectivity index (χ3n) is 2.59. The molecule has 1 fully saturated rings. The van der Waals surface area contributed by atoms with E-state index in [0.717, 1.165) is 25.2 Å². The summed E-state index contributed by atoms with van der Waals surface area (Å²) in [7, 11) is 0. The number of rotatable bonds is 2. The van der Waals surface area contributed by atoms with E-state index in [9.17, 15) is 5.11 Å². The van der Waals surface area contributed by atoms with Gasteiger partial charge < -0.3 is 15.7 Å². The van der Waals surface area contributed by atoms with E-state index in [-0.39, 0.29) is 6.04 Å². The summed E-state index contributed by atoms with van der Waals surface area (Å²) in [5.74, 6) is 0. The summed E-state index contributed by atoms with van der Waals surface area (Å²) in [4.78, 5) is 0. The van der Waals surface area contributed by atoms with Crippen molar-refractivity contribution in [2.75, 3.05) is 19.6 Å². The molecule has 0 saturated carbocycles. The van der Waals surface area contributed by atoms with E-state index < -0.39 is 6.10 Å². The Morgan fingerprint density at radius 2 is 2.00 bits per heavy atom. The fourth-order valence-electron chi connectivity index (χ4n) is 1.78. The number of aliphatic hydroxyl groups is 1. The maximum absolute atomic E-state index is 10.0. The van der Waals surface area contributed by atoms with Crippen molar-refractivity contribution in [3.8, 4) is 0 Å². The predicted molar refractivity (Wildman–Crippen MR) is 56.1 cm³/mol. The van der Waals surface area contributed by atoms with Crippen LogP contribution in [0, 0.1) is 0 Å². The molecule has 76 valence electrons. The number of nitrogens with one attached hydrogen (secondary N) is 2. The van der Waals surface area contributed by atoms with Gasteiger partial charge in [0.05, 0.1) is 6.10 Å². The van der Waals surface area contributed by atoms with Crippen molar-refractivity contribution >= 4 is 0 Å². The lowest BCUT2D eigenvalue weighted by Gasteiger charge is -2.28. The van der Waals surface area contributed by atoms with Crippen LogP contribution in [0.25, 0.3) is 0 Å². The fraction of sp³-hybridized carbons (Fsp3) is 0.455. The van der Waals surface area contributed by atoms with Crippen LogP contribution >= 0.6 is 0 Å². The molecule has 0 radical (unpaired) electrons. The normalized spacial score (nSPS) is 24.5. The molecule has 1 heterocycles. The first-order chi connectivity index (χ1) is 6.88. The van der Waals surface area contributed by atoms with Crippen molar-refractivity contribution in [2.24, 2.45) is 0 Å². The molecule has 2 rings (SSSR count). The standard InChI is InChI=1S/C11H16N2O/c14-11(9-4-2-1-3-5-9)10-8-12-6-7-13-10/h1-5,10-14H,6-8H2. The number of hydrogen-bond acceptors (Lipinski definition) is 3. The van der Waals surface area contributed by atoms with E-state index >= 15 is 0 Å². The molecule has 3 nitrogen and oxygen atoms in total. The number of hydrogen-bond donors (Lipinski definition) is 3. The van der Waals surface area contributed by atoms with Crippen molar-refractivity contribution in [3.63, 3.8) is 0 Å². The monoisotopic (exact) mass is 192 g/mol. The van der Waals surface area contributed by atoms with E-state index in [1.54, 1.807) is 0 Å². The second-order valence-corrected chi connectivity index (χ2v) is 3.62. The SMILES string of the molecule is OC(c1ccccc1)C1CNCCN1. The van der Waals surface area contributed by atoms with Crippen LogP contribution in [0.3, 0.4) is 0 Å². The van der Waals surface area contributed by atoms with Gasteiger partial charge in [0.1, 0.15) is 0 Å². The van der Waals surface area contributed by atoms with Gasteiger partial charge in [0.15, 0.2) is 0 Å². The minimum absolute atomic E-state index is 0.131. The zero-order valence-electron chi connectivity index (χ0n) is 8.11. The first-order valence-corrected chi connectivity index (χ1v) is 5.05. The summed E-state index contributed by atoms with van der Waals surface area (Å²) < 4.78 is 0. The number of aliphatic hydroxyl groups excluding tert-OH is 1. The van der Waals surface area contributed by atoms with E-state index in [1.807, 2.05) is 30.3 Å². The van der Waals surface area contributed by atoms with Gasteiger partial charge in [0.2, 0.25) is 0 Å². The molecule has 2 atom stereocenters. The van der Waals surface area contributed by atoms with Gasteiger partial charge in [-0.3, -0.25) is 0 Å². The first-order valence-electron chi connectivity index (χ1n) is 5.05. The van der Waals surface area contributed by atoms with Crippen LogP contribution in [0.5, 0.6) is 0 Å². The topological polar surface area (TPSA) is 44.3 Å². The van der Waals surface area contributed by atoms with Crippen LogP contribution in [0.15, 0.2) is 30.3 Å². The van der Waals surface area contributed by atoms with Crippen molar-refractivity contribution < 1.29 is 5.11 Å². The molecular weight excluding hydrogens is 176 g/mol. The Kier molecular flexibility index (Phi) is 3.14. The molecule has 1 aliphatic rings. The average Bonchev–Trinajstić information content (AvgIpc) is 2.30. The molecule has 0 aromatic heterocycles. The lowest BCUT2D eigenvalue weighted by Crippen LogP contribution is -2.51. The Morgan fingerprint density at radius 3 is 2.64 bits per heavy atom. The van der Waals surface area contributed by atoms with Crippen LogP contribution < -0.4 is 10.6 Å². The van der Waals surface area contributed by atoms with E-state index in [0.29, 0.717) is 0 Å². The molecule has 1 aromatic carbocycles. The quantitative estimate of drug-likeness (QED) is 0.630. The van der Waals surface area contributed by atoms with Gasteiger partial charge in [-0.1, -0.05) is 30.3 Å². The lowest BCUT2D eigenvalue weighted by molar-refractivity contribution is 0.120. The van der Waals surface area contributed by atoms with Crippen LogP contribution in [-0.4, -0.2) is 30.8 Å². The second-order valence-electron chi connectivity index (χ2n) is 3.62. The van der Waals surface area contributed by atoms with Crippen molar-refractivity contribution in [2.45, 2.75) is 12.1 Å². The van der Waals surface area contributed by atoms with E-state index in [2.05, 4.69) is 10.6 Å². The fourth-order valence-corrected chi connectivity index (χ4v) is 1.78. The smallest absolute Gasteiger partial charge is 0.0955 e. The first kappa shape index (κ1) is 9.65. The molecule has 0 aliphatic carbocycles. The summed E-state index contributed by atoms with van der Waals surface area (Å²) in [6.07, 6.45) is -0.413. The van der Waals surface area contributed by atoms with Crippen molar-refractivity contribution in [1.82, 2.24) is 10.6 Å². The molecule has 0 amide bonds. The molecule has 1 aliphatic heterocycles. The van der Waals surface area contributed by atoms with Gasteiger partial charge in [-0.15, -0.1) is 0 Å². The van der Waals surface area contributed by atoms with Crippen LogP contribution in [-0.2, 0) is 0 Å². The molecule has 3 N–H and O–H groups in total. The Labute approximate surface area is 84.1 Å². The highest BCUT2D eigenvalue weighted by molar-refractivity contribution is 5.19. The van der Waals surface area contributed by atoms with Crippen molar-refractivity contribution in [1.29, 1.82) is 0 Å². The summed E-state index contributed by atoms with van der Waals surface area (Å²) >= 11 is 0. The highest BCUT2D eigenvalue weighted by Crippen LogP contribution is 2.16. The van der Waals surface area contributed by atoms with Crippen LogP contribution in [0.1, 0.15) is 11.7 Å². The molecule has 1 aromatic rings. The Bertz CT molecular complexity index is 270. The molecule has 14 heavy (non-hydrogen) atoms. The Morgan fingerprint density at radius 1 is 1.21 bits per heavy atom. The minimum Gasteiger partial charge on any atom is -0.387 e. The Hall–Kier alpha value is -0.900. The molecule has 3 heteroatoms. The maximum Gasteiger partial charge on any atom is 0.0955 e. The van der Waals surface area contributed by atoms with Crippen molar-refractivity contribution in [3.05, 3.63) is 35.9 Å². The average molecular weight is 192 g/mol. The highest BCUT2D eigenvalue weighted by atomic mass is 16.3. The highest BCUT2D eigenvalue weighted by Gasteiger charge is 2.21. The maximum atomic E-state index is 10.0. The molecule has 1 saturated heterocycles. The molecule has 0 bridgehead atoms. The zero-order valence-corrected chi connectivity index (χ0v) is 8.11.